The molecule has 0 radical (unpaired) electrons. The molecular weight excluding hydrogens is 246 g/mol. The van der Waals surface area contributed by atoms with Crippen molar-refractivity contribution in [1.82, 2.24) is 9.97 Å². The van der Waals surface area contributed by atoms with Crippen molar-refractivity contribution in [1.29, 1.82) is 0 Å². The molecule has 0 aromatic carbocycles. The van der Waals surface area contributed by atoms with E-state index in [9.17, 15) is 0 Å². The summed E-state index contributed by atoms with van der Waals surface area (Å²) in [5.74, 6) is 0.767. The first kappa shape index (κ1) is 11.4. The van der Waals surface area contributed by atoms with Crippen LogP contribution in [0.5, 0.6) is 0 Å². The van der Waals surface area contributed by atoms with Crippen LogP contribution < -0.4 is 5.32 Å². The molecule has 4 nitrogen and oxygen atoms in total. The Morgan fingerprint density at radius 1 is 1.43 bits per heavy atom. The minimum Gasteiger partial charge on any atom is -0.396 e. The second kappa shape index (κ2) is 5.26. The zero-order chi connectivity index (χ0) is 10.6. The Hall–Kier alpha value is -0.680. The predicted octanol–water partition coefficient (Wildman–Crippen LogP) is 1.67. The summed E-state index contributed by atoms with van der Waals surface area (Å²) in [6.07, 6.45) is 3.37. The first-order valence-corrected chi connectivity index (χ1v) is 5.27. The van der Waals surface area contributed by atoms with E-state index in [0.717, 1.165) is 4.47 Å². The van der Waals surface area contributed by atoms with E-state index < -0.39 is 0 Å². The number of aromatic nitrogens is 2. The van der Waals surface area contributed by atoms with Gasteiger partial charge in [0.25, 0.3) is 0 Å². The van der Waals surface area contributed by atoms with E-state index in [1.54, 1.807) is 12.4 Å². The van der Waals surface area contributed by atoms with Gasteiger partial charge >= 0.3 is 0 Å². The zero-order valence-electron chi connectivity index (χ0n) is 8.24. The smallest absolute Gasteiger partial charge is 0.222 e. The fourth-order valence-electron chi connectivity index (χ4n) is 0.891. The molecule has 0 spiro atoms. The summed E-state index contributed by atoms with van der Waals surface area (Å²) in [5, 5.41) is 12.1. The average molecular weight is 260 g/mol. The molecule has 0 aliphatic carbocycles. The summed E-state index contributed by atoms with van der Waals surface area (Å²) in [7, 11) is 0. The van der Waals surface area contributed by atoms with E-state index in [2.05, 4.69) is 31.2 Å². The maximum Gasteiger partial charge on any atom is 0.222 e. The number of aliphatic hydroxyl groups is 1. The molecule has 1 rings (SSSR count). The molecule has 2 atom stereocenters. The number of nitrogens with zero attached hydrogens (tertiary/aromatic N) is 2. The van der Waals surface area contributed by atoms with Crippen molar-refractivity contribution in [2.45, 2.75) is 19.9 Å². The molecule has 2 N–H and O–H groups in total. The molecule has 1 aromatic heterocycles. The minimum absolute atomic E-state index is 0.154. The minimum atomic E-state index is 0.154. The van der Waals surface area contributed by atoms with Gasteiger partial charge in [0.2, 0.25) is 5.95 Å². The van der Waals surface area contributed by atoms with Gasteiger partial charge in [-0.3, -0.25) is 0 Å². The Balaban J connectivity index is 2.56. The first-order valence-electron chi connectivity index (χ1n) is 4.48. The van der Waals surface area contributed by atoms with Crippen molar-refractivity contribution in [3.05, 3.63) is 16.9 Å². The Labute approximate surface area is 91.9 Å². The second-order valence-electron chi connectivity index (χ2n) is 3.32. The molecule has 0 amide bonds. The molecule has 78 valence electrons. The van der Waals surface area contributed by atoms with Gasteiger partial charge in [0, 0.05) is 25.0 Å². The third-order valence-corrected chi connectivity index (χ3v) is 2.53. The van der Waals surface area contributed by atoms with E-state index in [0.29, 0.717) is 5.95 Å². The third-order valence-electron chi connectivity index (χ3n) is 2.12. The Kier molecular flexibility index (Phi) is 4.28. The molecular formula is C9H14BrN3O. The van der Waals surface area contributed by atoms with E-state index in [1.165, 1.54) is 0 Å². The van der Waals surface area contributed by atoms with Crippen molar-refractivity contribution in [2.75, 3.05) is 11.9 Å². The van der Waals surface area contributed by atoms with Crippen molar-refractivity contribution in [3.8, 4) is 0 Å². The van der Waals surface area contributed by atoms with E-state index in [1.807, 2.05) is 13.8 Å². The summed E-state index contributed by atoms with van der Waals surface area (Å²) in [5.41, 5.74) is 0. The van der Waals surface area contributed by atoms with Crippen LogP contribution in [0.2, 0.25) is 0 Å². The van der Waals surface area contributed by atoms with Crippen LogP contribution in [0, 0.1) is 5.92 Å². The molecule has 14 heavy (non-hydrogen) atoms. The third kappa shape index (κ3) is 3.23. The first-order chi connectivity index (χ1) is 6.63. The molecule has 5 heteroatoms. The summed E-state index contributed by atoms with van der Waals surface area (Å²) >= 11 is 3.26. The SMILES string of the molecule is CC(CO)C(C)Nc1ncc(Br)cn1. The summed E-state index contributed by atoms with van der Waals surface area (Å²) in [6, 6.07) is 0.154. The highest BCUT2D eigenvalue weighted by molar-refractivity contribution is 9.10. The van der Waals surface area contributed by atoms with Gasteiger partial charge in [-0.1, -0.05) is 6.92 Å². The second-order valence-corrected chi connectivity index (χ2v) is 4.23. The van der Waals surface area contributed by atoms with Crippen molar-refractivity contribution >= 4 is 21.9 Å². The molecule has 0 aliphatic heterocycles. The van der Waals surface area contributed by atoms with Crippen molar-refractivity contribution in [2.24, 2.45) is 5.92 Å². The maximum absolute atomic E-state index is 8.94. The summed E-state index contributed by atoms with van der Waals surface area (Å²) in [6.45, 7) is 4.12. The standard InChI is InChI=1S/C9H14BrN3O/c1-6(5-14)7(2)13-9-11-3-8(10)4-12-9/h3-4,6-7,14H,5H2,1-2H3,(H,11,12,13). The highest BCUT2D eigenvalue weighted by Gasteiger charge is 2.11. The summed E-state index contributed by atoms with van der Waals surface area (Å²) < 4.78 is 0.853. The monoisotopic (exact) mass is 259 g/mol. The van der Waals surface area contributed by atoms with Crippen LogP contribution in [0.25, 0.3) is 0 Å². The Morgan fingerprint density at radius 3 is 2.50 bits per heavy atom. The maximum atomic E-state index is 8.94. The lowest BCUT2D eigenvalue weighted by molar-refractivity contribution is 0.226. The van der Waals surface area contributed by atoms with Gasteiger partial charge in [-0.15, -0.1) is 0 Å². The molecule has 1 heterocycles. The molecule has 0 saturated carbocycles. The van der Waals surface area contributed by atoms with Crippen LogP contribution >= 0.6 is 15.9 Å². The number of rotatable bonds is 4. The molecule has 0 fully saturated rings. The molecule has 0 saturated heterocycles. The highest BCUT2D eigenvalue weighted by atomic mass is 79.9. The number of nitrogens with one attached hydrogen (secondary N) is 1. The average Bonchev–Trinajstić information content (AvgIpc) is 2.20. The van der Waals surface area contributed by atoms with E-state index in [-0.39, 0.29) is 18.6 Å². The molecule has 2 unspecified atom stereocenters. The fraction of sp³-hybridized carbons (Fsp3) is 0.556. The number of halogens is 1. The molecule has 1 aromatic rings. The van der Waals surface area contributed by atoms with Crippen LogP contribution in [0.1, 0.15) is 13.8 Å². The van der Waals surface area contributed by atoms with Gasteiger partial charge < -0.3 is 10.4 Å². The number of hydrogen-bond acceptors (Lipinski definition) is 4. The lowest BCUT2D eigenvalue weighted by Crippen LogP contribution is -2.27. The van der Waals surface area contributed by atoms with Crippen LogP contribution in [-0.2, 0) is 0 Å². The van der Waals surface area contributed by atoms with Gasteiger partial charge in [0.05, 0.1) is 4.47 Å². The molecule has 0 aliphatic rings. The number of hydrogen-bond donors (Lipinski definition) is 2. The van der Waals surface area contributed by atoms with Gasteiger partial charge in [-0.2, -0.15) is 0 Å². The van der Waals surface area contributed by atoms with Gasteiger partial charge in [-0.25, -0.2) is 9.97 Å². The van der Waals surface area contributed by atoms with Crippen molar-refractivity contribution < 1.29 is 5.11 Å². The topological polar surface area (TPSA) is 58.0 Å². The largest absolute Gasteiger partial charge is 0.396 e. The van der Waals surface area contributed by atoms with Crippen LogP contribution in [0.4, 0.5) is 5.95 Å². The van der Waals surface area contributed by atoms with E-state index in [4.69, 9.17) is 5.11 Å². The zero-order valence-corrected chi connectivity index (χ0v) is 9.82. The Bertz CT molecular complexity index is 278. The highest BCUT2D eigenvalue weighted by Crippen LogP contribution is 2.10. The lowest BCUT2D eigenvalue weighted by atomic mass is 10.1. The number of aliphatic hydroxyl groups excluding tert-OH is 1. The normalized spacial score (nSPS) is 14.9. The van der Waals surface area contributed by atoms with Crippen LogP contribution in [-0.4, -0.2) is 27.7 Å². The van der Waals surface area contributed by atoms with Gasteiger partial charge in [-0.05, 0) is 28.8 Å². The number of anilines is 1. The van der Waals surface area contributed by atoms with Gasteiger partial charge in [0.1, 0.15) is 0 Å². The van der Waals surface area contributed by atoms with Crippen LogP contribution in [0.15, 0.2) is 16.9 Å². The molecule has 0 bridgehead atoms. The predicted molar refractivity (Wildman–Crippen MR) is 59.1 cm³/mol. The van der Waals surface area contributed by atoms with E-state index >= 15 is 0 Å². The van der Waals surface area contributed by atoms with Gasteiger partial charge in [0.15, 0.2) is 0 Å². The quantitative estimate of drug-likeness (QED) is 0.864. The fourth-order valence-corrected chi connectivity index (χ4v) is 1.10. The summed E-state index contributed by atoms with van der Waals surface area (Å²) in [4.78, 5) is 8.17. The van der Waals surface area contributed by atoms with Crippen LogP contribution in [0.3, 0.4) is 0 Å². The Morgan fingerprint density at radius 2 is 2.00 bits per heavy atom. The lowest BCUT2D eigenvalue weighted by Gasteiger charge is -2.18. The van der Waals surface area contributed by atoms with Crippen molar-refractivity contribution in [3.63, 3.8) is 0 Å².